The third kappa shape index (κ3) is 8.49. The van der Waals surface area contributed by atoms with Crippen molar-refractivity contribution >= 4 is 11.8 Å². The van der Waals surface area contributed by atoms with Gasteiger partial charge in [-0.2, -0.15) is 0 Å². The number of hydrogen-bond acceptors (Lipinski definition) is 7. The Morgan fingerprint density at radius 3 is 2.33 bits per heavy atom. The van der Waals surface area contributed by atoms with Crippen molar-refractivity contribution in [1.29, 1.82) is 0 Å². The molecule has 0 aliphatic heterocycles. The van der Waals surface area contributed by atoms with Crippen molar-refractivity contribution in [2.45, 2.75) is 78.7 Å². The van der Waals surface area contributed by atoms with Crippen molar-refractivity contribution in [2.75, 3.05) is 33.0 Å². The van der Waals surface area contributed by atoms with Crippen molar-refractivity contribution in [2.24, 2.45) is 23.7 Å². The molecule has 3 atom stereocenters. The fourth-order valence-electron chi connectivity index (χ4n) is 4.89. The van der Waals surface area contributed by atoms with Crippen LogP contribution in [-0.2, 0) is 43.2 Å². The number of ketones is 1. The Kier molecular flexibility index (Phi) is 10.3. The minimum Gasteiger partial charge on any atom is -0.465 e. The monoisotopic (exact) mass is 463 g/mol. The maximum absolute atomic E-state index is 12.1. The van der Waals surface area contributed by atoms with Crippen LogP contribution in [0.5, 0.6) is 0 Å². The lowest BCUT2D eigenvalue weighted by molar-refractivity contribution is -0.144. The highest BCUT2D eigenvalue weighted by molar-refractivity contribution is 5.75. The molecule has 8 nitrogen and oxygen atoms in total. The number of aryl methyl sites for hydroxylation is 1. The quantitative estimate of drug-likeness (QED) is 0.291. The third-order valence-electron chi connectivity index (χ3n) is 6.69. The van der Waals surface area contributed by atoms with Gasteiger partial charge in [0.05, 0.1) is 31.2 Å². The van der Waals surface area contributed by atoms with Crippen molar-refractivity contribution in [3.8, 4) is 0 Å². The van der Waals surface area contributed by atoms with E-state index >= 15 is 0 Å². The normalized spacial score (nSPS) is 21.8. The summed E-state index contributed by atoms with van der Waals surface area (Å²) in [6.45, 7) is 9.61. The van der Waals surface area contributed by atoms with Gasteiger partial charge in [0.15, 0.2) is 0 Å². The van der Waals surface area contributed by atoms with Gasteiger partial charge < -0.3 is 19.0 Å². The predicted molar refractivity (Wildman–Crippen MR) is 124 cm³/mol. The number of hydrogen-bond donors (Lipinski definition) is 0. The van der Waals surface area contributed by atoms with Gasteiger partial charge in [-0.1, -0.05) is 19.1 Å². The highest BCUT2D eigenvalue weighted by Crippen LogP contribution is 2.52. The second-order valence-electron chi connectivity index (χ2n) is 9.94. The number of carbonyl (C=O) groups excluding carboxylic acids is 2. The standard InChI is InChI=1S/C25H41N3O5/c1-18(2)16-28-24-11-9-21-20(8-10-23(24)26-27-28)22(21)17-33-25(30)7-5-13-32-15-14-31-12-4-6-19(3)29/h18,20-22H,4-17H2,1-3H3/t20-,21+,22-/m1/s1. The molecule has 2 aliphatic rings. The molecule has 0 radical (unpaired) electrons. The van der Waals surface area contributed by atoms with E-state index in [1.165, 1.54) is 11.4 Å². The SMILES string of the molecule is CC(=O)CCCOCCOCCCC(=O)OC[C@@H]1[C@@H]2CCc3nnn(CC(C)C)c3CC[C@@H]21. The van der Waals surface area contributed by atoms with Crippen LogP contribution in [0.15, 0.2) is 0 Å². The molecule has 8 heteroatoms. The van der Waals surface area contributed by atoms with Crippen LogP contribution in [-0.4, -0.2) is 59.8 Å². The average Bonchev–Trinajstić information content (AvgIpc) is 3.27. The Morgan fingerprint density at radius 1 is 1.00 bits per heavy atom. The second kappa shape index (κ2) is 13.2. The molecule has 1 aromatic heterocycles. The van der Waals surface area contributed by atoms with E-state index in [2.05, 4.69) is 28.8 Å². The molecule has 1 fully saturated rings. The maximum atomic E-state index is 12.1. The highest BCUT2D eigenvalue weighted by Gasteiger charge is 2.50. The fourth-order valence-corrected chi connectivity index (χ4v) is 4.89. The zero-order valence-corrected chi connectivity index (χ0v) is 20.6. The van der Waals surface area contributed by atoms with E-state index in [0.717, 1.165) is 38.6 Å². The summed E-state index contributed by atoms with van der Waals surface area (Å²) in [7, 11) is 0. The molecule has 0 N–H and O–H groups in total. The zero-order valence-electron chi connectivity index (χ0n) is 20.6. The minimum atomic E-state index is -0.129. The Hall–Kier alpha value is -1.80. The summed E-state index contributed by atoms with van der Waals surface area (Å²) in [5.74, 6) is 2.43. The van der Waals surface area contributed by atoms with E-state index in [1.807, 2.05) is 0 Å². The van der Waals surface area contributed by atoms with Gasteiger partial charge in [-0.15, -0.1) is 5.10 Å². The Balaban J connectivity index is 1.23. The molecular weight excluding hydrogens is 422 g/mol. The molecule has 1 saturated carbocycles. The molecule has 0 spiro atoms. The van der Waals surface area contributed by atoms with E-state index in [0.29, 0.717) is 76.0 Å². The molecule has 0 bridgehead atoms. The van der Waals surface area contributed by atoms with Crippen molar-refractivity contribution in [3.05, 3.63) is 11.4 Å². The highest BCUT2D eigenvalue weighted by atomic mass is 16.5. The van der Waals surface area contributed by atoms with Crippen LogP contribution in [0, 0.1) is 23.7 Å². The number of nitrogens with zero attached hydrogens (tertiary/aromatic N) is 3. The van der Waals surface area contributed by atoms with Gasteiger partial charge in [-0.05, 0) is 69.1 Å². The van der Waals surface area contributed by atoms with E-state index in [-0.39, 0.29) is 11.8 Å². The van der Waals surface area contributed by atoms with E-state index in [1.54, 1.807) is 6.92 Å². The van der Waals surface area contributed by atoms with Crippen molar-refractivity contribution in [1.82, 2.24) is 15.0 Å². The van der Waals surface area contributed by atoms with Crippen LogP contribution < -0.4 is 0 Å². The molecule has 33 heavy (non-hydrogen) atoms. The number of esters is 1. The Morgan fingerprint density at radius 2 is 1.67 bits per heavy atom. The van der Waals surface area contributed by atoms with Crippen LogP contribution in [0.4, 0.5) is 0 Å². The van der Waals surface area contributed by atoms with Crippen molar-refractivity contribution in [3.63, 3.8) is 0 Å². The molecule has 0 aromatic carbocycles. The summed E-state index contributed by atoms with van der Waals surface area (Å²) in [4.78, 5) is 22.9. The number of carbonyl (C=O) groups is 2. The predicted octanol–water partition coefficient (Wildman–Crippen LogP) is 3.40. The van der Waals surface area contributed by atoms with E-state index < -0.39 is 0 Å². The number of aromatic nitrogens is 3. The van der Waals surface area contributed by atoms with Gasteiger partial charge in [0.25, 0.3) is 0 Å². The summed E-state index contributed by atoms with van der Waals surface area (Å²) < 4.78 is 18.6. The zero-order chi connectivity index (χ0) is 23.6. The fraction of sp³-hybridized carbons (Fsp3) is 0.840. The van der Waals surface area contributed by atoms with Crippen LogP contribution in [0.1, 0.15) is 70.7 Å². The average molecular weight is 464 g/mol. The molecule has 0 unspecified atom stereocenters. The summed E-state index contributed by atoms with van der Waals surface area (Å²) >= 11 is 0. The number of fused-ring (bicyclic) bond motifs is 2. The van der Waals surface area contributed by atoms with E-state index in [9.17, 15) is 9.59 Å². The van der Waals surface area contributed by atoms with Gasteiger partial charge in [0, 0.05) is 32.6 Å². The molecule has 1 aromatic rings. The van der Waals surface area contributed by atoms with Gasteiger partial charge in [0.2, 0.25) is 0 Å². The number of ether oxygens (including phenoxy) is 3. The first-order valence-electron chi connectivity index (χ1n) is 12.7. The smallest absolute Gasteiger partial charge is 0.305 e. The third-order valence-corrected chi connectivity index (χ3v) is 6.69. The van der Waals surface area contributed by atoms with E-state index in [4.69, 9.17) is 14.2 Å². The van der Waals surface area contributed by atoms with Gasteiger partial charge in [-0.25, -0.2) is 4.68 Å². The maximum Gasteiger partial charge on any atom is 0.305 e. The summed E-state index contributed by atoms with van der Waals surface area (Å²) in [6, 6.07) is 0. The first-order chi connectivity index (χ1) is 16.0. The Bertz CT molecular complexity index is 763. The summed E-state index contributed by atoms with van der Waals surface area (Å²) in [5.41, 5.74) is 2.48. The Labute approximate surface area is 197 Å². The summed E-state index contributed by atoms with van der Waals surface area (Å²) in [5, 5.41) is 8.82. The molecule has 1 heterocycles. The summed E-state index contributed by atoms with van der Waals surface area (Å²) in [6.07, 6.45) is 6.63. The molecule has 186 valence electrons. The molecular formula is C25H41N3O5. The molecule has 0 amide bonds. The van der Waals surface area contributed by atoms with Crippen molar-refractivity contribution < 1.29 is 23.8 Å². The second-order valence-corrected chi connectivity index (χ2v) is 9.94. The van der Waals surface area contributed by atoms with Crippen LogP contribution in [0.3, 0.4) is 0 Å². The molecule has 2 aliphatic carbocycles. The lowest BCUT2D eigenvalue weighted by Crippen LogP contribution is -2.12. The first-order valence-corrected chi connectivity index (χ1v) is 12.7. The lowest BCUT2D eigenvalue weighted by Gasteiger charge is -2.12. The lowest BCUT2D eigenvalue weighted by atomic mass is 10.0. The first kappa shape index (κ1) is 25.8. The van der Waals surface area contributed by atoms with Crippen LogP contribution >= 0.6 is 0 Å². The van der Waals surface area contributed by atoms with Gasteiger partial charge in [-0.3, -0.25) is 4.79 Å². The van der Waals surface area contributed by atoms with Crippen LogP contribution in [0.2, 0.25) is 0 Å². The number of Topliss-reactive ketones (excluding diaryl/α,β-unsaturated/α-hetero) is 1. The van der Waals surface area contributed by atoms with Gasteiger partial charge >= 0.3 is 5.97 Å². The number of rotatable bonds is 15. The van der Waals surface area contributed by atoms with Gasteiger partial charge in [0.1, 0.15) is 5.78 Å². The molecule has 0 saturated heterocycles. The van der Waals surface area contributed by atoms with Crippen LogP contribution in [0.25, 0.3) is 0 Å². The molecule has 3 rings (SSSR count). The minimum absolute atomic E-state index is 0.129. The topological polar surface area (TPSA) is 92.5 Å². The largest absolute Gasteiger partial charge is 0.465 e.